The van der Waals surface area contributed by atoms with Gasteiger partial charge in [-0.25, -0.2) is 9.18 Å². The van der Waals surface area contributed by atoms with Crippen LogP contribution >= 0.6 is 0 Å². The van der Waals surface area contributed by atoms with Crippen LogP contribution in [0.3, 0.4) is 0 Å². The molecular weight excluding hydrogens is 359 g/mol. The molecule has 1 aromatic heterocycles. The third-order valence-electron chi connectivity index (χ3n) is 4.56. The molecule has 5 nitrogen and oxygen atoms in total. The molecule has 0 fully saturated rings. The number of anilines is 1. The van der Waals surface area contributed by atoms with E-state index in [1.165, 1.54) is 19.2 Å². The van der Waals surface area contributed by atoms with Gasteiger partial charge in [-0.15, -0.1) is 0 Å². The Balaban J connectivity index is 1.53. The van der Waals surface area contributed by atoms with E-state index in [1.807, 2.05) is 18.2 Å². The van der Waals surface area contributed by atoms with Crippen molar-refractivity contribution < 1.29 is 18.7 Å². The fourth-order valence-electron chi connectivity index (χ4n) is 3.27. The van der Waals surface area contributed by atoms with Crippen LogP contribution in [0.4, 0.5) is 10.1 Å². The van der Waals surface area contributed by atoms with Crippen molar-refractivity contribution in [3.63, 3.8) is 0 Å². The number of rotatable bonds is 4. The Morgan fingerprint density at radius 1 is 1.00 bits per heavy atom. The molecule has 0 bridgehead atoms. The first-order valence-corrected chi connectivity index (χ1v) is 8.71. The Kier molecular flexibility index (Phi) is 4.53. The minimum atomic E-state index is -0.461. The van der Waals surface area contributed by atoms with E-state index in [0.717, 1.165) is 27.4 Å². The molecule has 0 atom stereocenters. The zero-order chi connectivity index (χ0) is 19.7. The van der Waals surface area contributed by atoms with E-state index >= 15 is 0 Å². The van der Waals surface area contributed by atoms with E-state index < -0.39 is 5.97 Å². The summed E-state index contributed by atoms with van der Waals surface area (Å²) in [4.78, 5) is 27.2. The molecule has 0 unspecified atom stereocenters. The van der Waals surface area contributed by atoms with Gasteiger partial charge in [0.15, 0.2) is 0 Å². The van der Waals surface area contributed by atoms with Crippen molar-refractivity contribution in [2.24, 2.45) is 0 Å². The van der Waals surface area contributed by atoms with Crippen molar-refractivity contribution in [1.82, 2.24) is 4.98 Å². The van der Waals surface area contributed by atoms with Crippen molar-refractivity contribution in [1.29, 1.82) is 0 Å². The van der Waals surface area contributed by atoms with Crippen molar-refractivity contribution in [2.75, 3.05) is 12.4 Å². The summed E-state index contributed by atoms with van der Waals surface area (Å²) in [6.07, 6.45) is 0.169. The standard InChI is InChI=1S/C22H17FN2O3/c1-28-22(27)14-3-2-4-16(11-14)24-21(26)10-13-5-7-17-18-8-6-15(23)12-20(18)25-19(17)9-13/h2-9,11-12,25H,10H2,1H3,(H,24,26). The number of benzene rings is 3. The maximum absolute atomic E-state index is 13.4. The number of hydrogen-bond donors (Lipinski definition) is 2. The Morgan fingerprint density at radius 2 is 1.75 bits per heavy atom. The molecule has 0 aliphatic carbocycles. The summed E-state index contributed by atoms with van der Waals surface area (Å²) in [5.41, 5.74) is 3.28. The van der Waals surface area contributed by atoms with Crippen LogP contribution in [0.15, 0.2) is 60.7 Å². The van der Waals surface area contributed by atoms with Crippen LogP contribution in [0.5, 0.6) is 0 Å². The number of halogens is 1. The third-order valence-corrected chi connectivity index (χ3v) is 4.56. The van der Waals surface area contributed by atoms with Gasteiger partial charge in [-0.1, -0.05) is 18.2 Å². The lowest BCUT2D eigenvalue weighted by atomic mass is 10.1. The number of ether oxygens (including phenoxy) is 1. The number of carbonyl (C=O) groups excluding carboxylic acids is 2. The van der Waals surface area contributed by atoms with Gasteiger partial charge in [-0.05, 0) is 48.0 Å². The number of methoxy groups -OCH3 is 1. The second-order valence-electron chi connectivity index (χ2n) is 6.49. The van der Waals surface area contributed by atoms with E-state index in [0.29, 0.717) is 11.3 Å². The van der Waals surface area contributed by atoms with Crippen LogP contribution < -0.4 is 5.32 Å². The average Bonchev–Trinajstić information content (AvgIpc) is 3.03. The van der Waals surface area contributed by atoms with Crippen LogP contribution in [-0.4, -0.2) is 24.0 Å². The summed E-state index contributed by atoms with van der Waals surface area (Å²) in [5, 5.41) is 4.70. The molecule has 4 rings (SSSR count). The van der Waals surface area contributed by atoms with E-state index in [4.69, 9.17) is 0 Å². The fraction of sp³-hybridized carbons (Fsp3) is 0.0909. The van der Waals surface area contributed by atoms with Gasteiger partial charge in [0.2, 0.25) is 5.91 Å². The molecule has 6 heteroatoms. The molecule has 0 radical (unpaired) electrons. The summed E-state index contributed by atoms with van der Waals surface area (Å²) in [7, 11) is 1.31. The maximum atomic E-state index is 13.4. The van der Waals surface area contributed by atoms with Gasteiger partial charge < -0.3 is 15.0 Å². The van der Waals surface area contributed by atoms with Crippen LogP contribution in [0, 0.1) is 5.82 Å². The summed E-state index contributed by atoms with van der Waals surface area (Å²) in [6, 6.07) is 16.9. The zero-order valence-electron chi connectivity index (χ0n) is 15.1. The van der Waals surface area contributed by atoms with E-state index in [2.05, 4.69) is 15.0 Å². The number of fused-ring (bicyclic) bond motifs is 3. The fourth-order valence-corrected chi connectivity index (χ4v) is 3.27. The first-order valence-electron chi connectivity index (χ1n) is 8.71. The molecule has 28 heavy (non-hydrogen) atoms. The molecule has 0 aliphatic rings. The Labute approximate surface area is 160 Å². The molecule has 3 aromatic carbocycles. The van der Waals surface area contributed by atoms with E-state index in [9.17, 15) is 14.0 Å². The quantitative estimate of drug-likeness (QED) is 0.518. The number of amides is 1. The van der Waals surface area contributed by atoms with Gasteiger partial charge >= 0.3 is 5.97 Å². The maximum Gasteiger partial charge on any atom is 0.337 e. The molecule has 1 heterocycles. The average molecular weight is 376 g/mol. The first kappa shape index (κ1) is 17.7. The molecule has 0 saturated carbocycles. The number of nitrogens with one attached hydrogen (secondary N) is 2. The number of esters is 1. The molecular formula is C22H17FN2O3. The van der Waals surface area contributed by atoms with Gasteiger partial charge in [0.05, 0.1) is 19.1 Å². The first-order chi connectivity index (χ1) is 13.5. The Morgan fingerprint density at radius 3 is 2.54 bits per heavy atom. The molecule has 4 aromatic rings. The lowest BCUT2D eigenvalue weighted by Crippen LogP contribution is -2.14. The van der Waals surface area contributed by atoms with Crippen LogP contribution in [0.2, 0.25) is 0 Å². The second-order valence-corrected chi connectivity index (χ2v) is 6.49. The SMILES string of the molecule is COC(=O)c1cccc(NC(=O)Cc2ccc3c(c2)[nH]c2cc(F)ccc23)c1. The lowest BCUT2D eigenvalue weighted by molar-refractivity contribution is -0.115. The van der Waals surface area contributed by atoms with Gasteiger partial charge in [0.1, 0.15) is 5.82 Å². The summed E-state index contributed by atoms with van der Waals surface area (Å²) < 4.78 is 18.1. The minimum absolute atomic E-state index is 0.169. The highest BCUT2D eigenvalue weighted by molar-refractivity contribution is 6.07. The van der Waals surface area contributed by atoms with Crippen LogP contribution in [0.1, 0.15) is 15.9 Å². The summed E-state index contributed by atoms with van der Waals surface area (Å²) in [6.45, 7) is 0. The predicted molar refractivity (Wildman–Crippen MR) is 106 cm³/mol. The van der Waals surface area contributed by atoms with Gasteiger partial charge in [0.25, 0.3) is 0 Å². The number of aromatic amines is 1. The smallest absolute Gasteiger partial charge is 0.337 e. The van der Waals surface area contributed by atoms with E-state index in [-0.39, 0.29) is 18.1 Å². The number of hydrogen-bond acceptors (Lipinski definition) is 3. The monoisotopic (exact) mass is 376 g/mol. The lowest BCUT2D eigenvalue weighted by Gasteiger charge is -2.07. The molecule has 140 valence electrons. The van der Waals surface area contributed by atoms with Crippen molar-refractivity contribution in [3.8, 4) is 0 Å². The highest BCUT2D eigenvalue weighted by atomic mass is 19.1. The van der Waals surface area contributed by atoms with E-state index in [1.54, 1.807) is 30.3 Å². The zero-order valence-corrected chi connectivity index (χ0v) is 15.1. The third kappa shape index (κ3) is 3.44. The largest absolute Gasteiger partial charge is 0.465 e. The van der Waals surface area contributed by atoms with Gasteiger partial charge in [-0.3, -0.25) is 4.79 Å². The predicted octanol–water partition coefficient (Wildman–Crippen LogP) is 4.43. The minimum Gasteiger partial charge on any atom is -0.465 e. The second kappa shape index (κ2) is 7.15. The van der Waals surface area contributed by atoms with Crippen molar-refractivity contribution in [3.05, 3.63) is 77.6 Å². The van der Waals surface area contributed by atoms with Crippen molar-refractivity contribution >= 4 is 39.4 Å². The van der Waals surface area contributed by atoms with Crippen molar-refractivity contribution in [2.45, 2.75) is 6.42 Å². The normalized spacial score (nSPS) is 10.9. The molecule has 2 N–H and O–H groups in total. The number of carbonyl (C=O) groups is 2. The summed E-state index contributed by atoms with van der Waals surface area (Å²) in [5.74, 6) is -0.965. The highest BCUT2D eigenvalue weighted by Crippen LogP contribution is 2.27. The van der Waals surface area contributed by atoms with Gasteiger partial charge in [0, 0.05) is 27.5 Å². The molecule has 0 aliphatic heterocycles. The number of aromatic nitrogens is 1. The topological polar surface area (TPSA) is 71.2 Å². The van der Waals surface area contributed by atoms with Crippen LogP contribution in [-0.2, 0) is 16.0 Å². The highest BCUT2D eigenvalue weighted by Gasteiger charge is 2.10. The van der Waals surface area contributed by atoms with Gasteiger partial charge in [-0.2, -0.15) is 0 Å². The van der Waals surface area contributed by atoms with Crippen LogP contribution in [0.25, 0.3) is 21.8 Å². The Hall–Kier alpha value is -3.67. The Bertz CT molecular complexity index is 1210. The molecule has 0 saturated heterocycles. The number of H-pyrrole nitrogens is 1. The molecule has 1 amide bonds. The molecule has 0 spiro atoms. The summed E-state index contributed by atoms with van der Waals surface area (Å²) >= 11 is 0.